The molecule has 0 radical (unpaired) electrons. The highest BCUT2D eigenvalue weighted by Crippen LogP contribution is 2.22. The normalized spacial score (nSPS) is 10.3. The number of amides is 1. The highest BCUT2D eigenvalue weighted by molar-refractivity contribution is 9.10. The molecule has 0 atom stereocenters. The smallest absolute Gasteiger partial charge is 0.257 e. The van der Waals surface area contributed by atoms with Gasteiger partial charge < -0.3 is 11.1 Å². The average Bonchev–Trinajstić information content (AvgIpc) is 2.32. The lowest BCUT2D eigenvalue weighted by Gasteiger charge is -2.08. The predicted octanol–water partition coefficient (Wildman–Crippen LogP) is 3.13. The fraction of sp³-hybridized carbons (Fsp3) is 0.0769. The van der Waals surface area contributed by atoms with E-state index in [4.69, 9.17) is 5.73 Å². The van der Waals surface area contributed by atoms with Gasteiger partial charge in [0.1, 0.15) is 11.6 Å². The molecule has 0 aliphatic heterocycles. The van der Waals surface area contributed by atoms with Crippen molar-refractivity contribution in [3.63, 3.8) is 0 Å². The number of anilines is 2. The molecule has 6 heteroatoms. The van der Waals surface area contributed by atoms with E-state index in [-0.39, 0.29) is 11.7 Å². The van der Waals surface area contributed by atoms with E-state index in [9.17, 15) is 9.18 Å². The van der Waals surface area contributed by atoms with Gasteiger partial charge in [0, 0.05) is 5.56 Å². The summed E-state index contributed by atoms with van der Waals surface area (Å²) in [5, 5.41) is 2.64. The maximum atomic E-state index is 13.0. The quantitative estimate of drug-likeness (QED) is 0.892. The Balaban J connectivity index is 2.25. The van der Waals surface area contributed by atoms with Crippen LogP contribution < -0.4 is 11.1 Å². The third-order valence-electron chi connectivity index (χ3n) is 2.53. The molecule has 0 saturated heterocycles. The molecule has 98 valence electrons. The molecule has 0 bridgehead atoms. The second kappa shape index (κ2) is 5.36. The van der Waals surface area contributed by atoms with E-state index in [1.54, 1.807) is 13.0 Å². The fourth-order valence-corrected chi connectivity index (χ4v) is 2.07. The van der Waals surface area contributed by atoms with Crippen LogP contribution in [-0.4, -0.2) is 10.9 Å². The van der Waals surface area contributed by atoms with Crippen molar-refractivity contribution in [2.24, 2.45) is 0 Å². The molecule has 0 aliphatic rings. The largest absolute Gasteiger partial charge is 0.397 e. The van der Waals surface area contributed by atoms with Gasteiger partial charge in [0.2, 0.25) is 0 Å². The molecule has 1 amide bonds. The number of carbonyl (C=O) groups is 1. The molecule has 0 aliphatic carbocycles. The van der Waals surface area contributed by atoms with Crippen LogP contribution in [0.2, 0.25) is 0 Å². The number of halogens is 2. The highest BCUT2D eigenvalue weighted by atomic mass is 79.9. The van der Waals surface area contributed by atoms with Crippen molar-refractivity contribution in [3.8, 4) is 0 Å². The number of hydrogen-bond acceptors (Lipinski definition) is 3. The number of nitrogen functional groups attached to an aromatic ring is 1. The summed E-state index contributed by atoms with van der Waals surface area (Å²) in [4.78, 5) is 16.1. The first-order valence-corrected chi connectivity index (χ1v) is 6.25. The van der Waals surface area contributed by atoms with Gasteiger partial charge in [-0.25, -0.2) is 9.37 Å². The molecule has 0 unspecified atom stereocenters. The minimum Gasteiger partial charge on any atom is -0.397 e. The summed E-state index contributed by atoms with van der Waals surface area (Å²) in [6, 6.07) is 5.62. The van der Waals surface area contributed by atoms with Crippen molar-refractivity contribution < 1.29 is 9.18 Å². The van der Waals surface area contributed by atoms with Crippen LogP contribution in [0.4, 0.5) is 15.9 Å². The van der Waals surface area contributed by atoms with E-state index in [2.05, 4.69) is 26.2 Å². The Morgan fingerprint density at radius 3 is 2.79 bits per heavy atom. The molecular weight excluding hydrogens is 313 g/mol. The van der Waals surface area contributed by atoms with Crippen LogP contribution in [0.1, 0.15) is 15.9 Å². The molecule has 4 nitrogen and oxygen atoms in total. The van der Waals surface area contributed by atoms with Crippen LogP contribution in [0.3, 0.4) is 0 Å². The first-order valence-electron chi connectivity index (χ1n) is 5.46. The van der Waals surface area contributed by atoms with Crippen molar-refractivity contribution in [2.75, 3.05) is 11.1 Å². The zero-order valence-corrected chi connectivity index (χ0v) is 11.7. The van der Waals surface area contributed by atoms with E-state index in [0.29, 0.717) is 27.1 Å². The minimum absolute atomic E-state index is 0.351. The summed E-state index contributed by atoms with van der Waals surface area (Å²) in [5.41, 5.74) is 7.01. The van der Waals surface area contributed by atoms with Gasteiger partial charge in [-0.15, -0.1) is 0 Å². The van der Waals surface area contributed by atoms with Crippen molar-refractivity contribution in [1.29, 1.82) is 0 Å². The Hall–Kier alpha value is -1.95. The number of benzene rings is 1. The van der Waals surface area contributed by atoms with Gasteiger partial charge in [-0.3, -0.25) is 4.79 Å². The summed E-state index contributed by atoms with van der Waals surface area (Å²) in [7, 11) is 0. The molecule has 3 N–H and O–H groups in total. The van der Waals surface area contributed by atoms with Crippen LogP contribution in [-0.2, 0) is 0 Å². The van der Waals surface area contributed by atoms with E-state index < -0.39 is 0 Å². The van der Waals surface area contributed by atoms with Crippen LogP contribution in [0, 0.1) is 12.7 Å². The van der Waals surface area contributed by atoms with Crippen molar-refractivity contribution in [3.05, 3.63) is 51.9 Å². The zero-order valence-electron chi connectivity index (χ0n) is 10.1. The topological polar surface area (TPSA) is 68.0 Å². The molecule has 19 heavy (non-hydrogen) atoms. The van der Waals surface area contributed by atoms with Gasteiger partial charge in [0.15, 0.2) is 0 Å². The van der Waals surface area contributed by atoms with E-state index in [1.165, 1.54) is 24.4 Å². The lowest BCUT2D eigenvalue weighted by Crippen LogP contribution is -2.15. The summed E-state index contributed by atoms with van der Waals surface area (Å²) >= 11 is 3.26. The van der Waals surface area contributed by atoms with Gasteiger partial charge in [-0.1, -0.05) is 0 Å². The van der Waals surface area contributed by atoms with Crippen LogP contribution in [0.25, 0.3) is 0 Å². The lowest BCUT2D eigenvalue weighted by atomic mass is 10.1. The number of nitrogens with zero attached hydrogens (tertiary/aromatic N) is 1. The van der Waals surface area contributed by atoms with Gasteiger partial charge >= 0.3 is 0 Å². The Morgan fingerprint density at radius 2 is 2.16 bits per heavy atom. The van der Waals surface area contributed by atoms with E-state index >= 15 is 0 Å². The molecule has 0 spiro atoms. The molecule has 2 rings (SSSR count). The van der Waals surface area contributed by atoms with Crippen molar-refractivity contribution in [1.82, 2.24) is 4.98 Å². The number of pyridine rings is 1. The number of aromatic nitrogens is 1. The summed E-state index contributed by atoms with van der Waals surface area (Å²) in [6.45, 7) is 1.67. The molecule has 1 aromatic heterocycles. The number of nitrogens with one attached hydrogen (secondary N) is 1. The molecule has 2 aromatic rings. The lowest BCUT2D eigenvalue weighted by molar-refractivity contribution is 0.102. The number of aryl methyl sites for hydroxylation is 1. The first kappa shape index (κ1) is 13.5. The fourth-order valence-electron chi connectivity index (χ4n) is 1.60. The Kier molecular flexibility index (Phi) is 3.80. The van der Waals surface area contributed by atoms with Gasteiger partial charge in [-0.2, -0.15) is 0 Å². The first-order chi connectivity index (χ1) is 8.97. The number of nitrogens with two attached hydrogens (primary N) is 1. The third-order valence-corrected chi connectivity index (χ3v) is 3.13. The number of carbonyl (C=O) groups excluding carboxylic acids is 1. The SMILES string of the molecule is Cc1cc(F)ccc1C(=O)Nc1ncc(N)cc1Br. The van der Waals surface area contributed by atoms with Crippen molar-refractivity contribution >= 4 is 33.3 Å². The second-order valence-corrected chi connectivity index (χ2v) is 4.87. The molecule has 0 fully saturated rings. The molecule has 1 heterocycles. The van der Waals surface area contributed by atoms with Gasteiger partial charge in [-0.05, 0) is 52.7 Å². The number of rotatable bonds is 2. The van der Waals surface area contributed by atoms with E-state index in [1.807, 2.05) is 0 Å². The Labute approximate surface area is 118 Å². The predicted molar refractivity (Wildman–Crippen MR) is 75.4 cm³/mol. The summed E-state index contributed by atoms with van der Waals surface area (Å²) in [6.07, 6.45) is 1.44. The third kappa shape index (κ3) is 3.08. The van der Waals surface area contributed by atoms with E-state index in [0.717, 1.165) is 0 Å². The standard InChI is InChI=1S/C13H11BrFN3O/c1-7-4-8(15)2-3-10(7)13(19)18-12-11(14)5-9(16)6-17-12/h2-6H,16H2,1H3,(H,17,18,19). The molecule has 0 saturated carbocycles. The zero-order chi connectivity index (χ0) is 14.0. The summed E-state index contributed by atoms with van der Waals surface area (Å²) < 4.78 is 13.6. The number of hydrogen-bond donors (Lipinski definition) is 2. The van der Waals surface area contributed by atoms with Gasteiger partial charge in [0.05, 0.1) is 16.4 Å². The van der Waals surface area contributed by atoms with Crippen molar-refractivity contribution in [2.45, 2.75) is 6.92 Å². The van der Waals surface area contributed by atoms with Crippen LogP contribution in [0.15, 0.2) is 34.9 Å². The van der Waals surface area contributed by atoms with Gasteiger partial charge in [0.25, 0.3) is 5.91 Å². The summed E-state index contributed by atoms with van der Waals surface area (Å²) in [5.74, 6) is -0.362. The minimum atomic E-state index is -0.374. The molecular formula is C13H11BrFN3O. The highest BCUT2D eigenvalue weighted by Gasteiger charge is 2.12. The average molecular weight is 324 g/mol. The van der Waals surface area contributed by atoms with Crippen LogP contribution >= 0.6 is 15.9 Å². The van der Waals surface area contributed by atoms with Crippen LogP contribution in [0.5, 0.6) is 0 Å². The molecule has 1 aromatic carbocycles. The maximum Gasteiger partial charge on any atom is 0.257 e. The second-order valence-electron chi connectivity index (χ2n) is 4.01. The monoisotopic (exact) mass is 323 g/mol. The maximum absolute atomic E-state index is 13.0. The Morgan fingerprint density at radius 1 is 1.42 bits per heavy atom. The Bertz CT molecular complexity index is 646.